The second kappa shape index (κ2) is 18.6. The Morgan fingerprint density at radius 2 is 1.43 bits per heavy atom. The summed E-state index contributed by atoms with van der Waals surface area (Å²) < 4.78 is 0. The van der Waals surface area contributed by atoms with E-state index in [0.717, 1.165) is 23.2 Å². The number of nitrogens with one attached hydrogen (secondary N) is 2. The molecule has 0 saturated heterocycles. The third-order valence-electron chi connectivity index (χ3n) is 3.91. The molecule has 2 aromatic rings. The summed E-state index contributed by atoms with van der Waals surface area (Å²) in [5.41, 5.74) is 4.33. The first-order valence-electron chi connectivity index (χ1n) is 9.72. The van der Waals surface area contributed by atoms with Gasteiger partial charge in [0.15, 0.2) is 0 Å². The molecule has 0 aromatic heterocycles. The number of hydrogen-bond donors (Lipinski definition) is 2. The van der Waals surface area contributed by atoms with Crippen LogP contribution in [0.5, 0.6) is 0 Å². The van der Waals surface area contributed by atoms with Crippen LogP contribution >= 0.6 is 0 Å². The number of para-hydroxylation sites is 1. The molecule has 0 aliphatic carbocycles. The number of rotatable bonds is 6. The molecule has 0 heterocycles. The van der Waals surface area contributed by atoms with Crippen molar-refractivity contribution in [2.45, 2.75) is 39.5 Å². The predicted octanol–water partition coefficient (Wildman–Crippen LogP) is 2.28. The van der Waals surface area contributed by atoms with Crippen LogP contribution in [0.4, 0.5) is 5.69 Å². The summed E-state index contributed by atoms with van der Waals surface area (Å²) in [4.78, 5) is 20.3. The van der Waals surface area contributed by atoms with Crippen molar-refractivity contribution in [1.29, 1.82) is 0 Å². The zero-order valence-corrected chi connectivity index (χ0v) is 19.0. The van der Waals surface area contributed by atoms with Gasteiger partial charge in [-0.15, -0.1) is 12.1 Å². The monoisotopic (exact) mass is 401 g/mol. The molecular formula is C25H34LiN2O2-3. The molecule has 160 valence electrons. The van der Waals surface area contributed by atoms with Gasteiger partial charge < -0.3 is 41.0 Å². The maximum absolute atomic E-state index is 10.7. The summed E-state index contributed by atoms with van der Waals surface area (Å²) in [5.74, 6) is -0.516. The third kappa shape index (κ3) is 15.5. The smallest absolute Gasteiger partial charge is 0.384 e. The van der Waals surface area contributed by atoms with Crippen LogP contribution in [0.2, 0.25) is 0 Å². The van der Waals surface area contributed by atoms with E-state index in [1.165, 1.54) is 31.9 Å². The fraction of sp³-hybridized carbons (Fsp3) is 0.280. The van der Waals surface area contributed by atoms with Gasteiger partial charge >= 0.3 is 18.9 Å². The van der Waals surface area contributed by atoms with E-state index >= 15 is 0 Å². The zero-order chi connectivity index (χ0) is 22.1. The van der Waals surface area contributed by atoms with Crippen molar-refractivity contribution in [2.24, 2.45) is 0 Å². The van der Waals surface area contributed by atoms with Crippen LogP contribution in [0.1, 0.15) is 42.4 Å². The third-order valence-corrected chi connectivity index (χ3v) is 3.91. The predicted molar refractivity (Wildman–Crippen MR) is 123 cm³/mol. The van der Waals surface area contributed by atoms with Crippen molar-refractivity contribution in [3.63, 3.8) is 0 Å². The topological polar surface area (TPSA) is 58.2 Å². The van der Waals surface area contributed by atoms with E-state index in [1.54, 1.807) is 0 Å². The molecule has 0 atom stereocenters. The molecule has 0 unspecified atom stereocenters. The molecule has 5 heteroatoms. The SMILES string of the molecule is [CH2-]C(=O)NC.[CH2-]C(=O)Nc1c(C)cccc1C.[CH2-]CCCC[CH-]c1ccccc1.[Li+]. The van der Waals surface area contributed by atoms with Gasteiger partial charge in [-0.25, -0.2) is 0 Å². The van der Waals surface area contributed by atoms with E-state index in [9.17, 15) is 9.59 Å². The Morgan fingerprint density at radius 3 is 1.87 bits per heavy atom. The van der Waals surface area contributed by atoms with Crippen LogP contribution in [0, 0.1) is 41.0 Å². The normalized spacial score (nSPS) is 8.80. The molecule has 2 amide bonds. The fourth-order valence-electron chi connectivity index (χ4n) is 2.33. The number of anilines is 1. The van der Waals surface area contributed by atoms with Gasteiger partial charge in [0.1, 0.15) is 0 Å². The summed E-state index contributed by atoms with van der Waals surface area (Å²) in [7, 11) is 1.54. The van der Waals surface area contributed by atoms with Crippen molar-refractivity contribution in [3.05, 3.63) is 92.4 Å². The summed E-state index contributed by atoms with van der Waals surface area (Å²) >= 11 is 0. The molecule has 0 spiro atoms. The zero-order valence-electron chi connectivity index (χ0n) is 19.0. The molecular weight excluding hydrogens is 367 g/mol. The molecule has 0 saturated carbocycles. The van der Waals surface area contributed by atoms with Crippen LogP contribution in [-0.2, 0) is 9.59 Å². The van der Waals surface area contributed by atoms with Gasteiger partial charge in [-0.05, 0) is 25.0 Å². The molecule has 2 N–H and O–H groups in total. The Morgan fingerprint density at radius 1 is 0.900 bits per heavy atom. The summed E-state index contributed by atoms with van der Waals surface area (Å²) in [6.45, 7) is 14.0. The first-order valence-corrected chi connectivity index (χ1v) is 9.72. The van der Waals surface area contributed by atoms with Crippen LogP contribution < -0.4 is 29.5 Å². The molecule has 0 fully saturated rings. The molecule has 0 radical (unpaired) electrons. The number of amides is 2. The second-order valence-corrected chi connectivity index (χ2v) is 6.45. The first kappa shape index (κ1) is 29.8. The van der Waals surface area contributed by atoms with Gasteiger partial charge in [-0.2, -0.15) is 30.5 Å². The van der Waals surface area contributed by atoms with Crippen molar-refractivity contribution in [1.82, 2.24) is 5.32 Å². The second-order valence-electron chi connectivity index (χ2n) is 6.45. The first-order chi connectivity index (χ1) is 13.8. The number of benzene rings is 2. The van der Waals surface area contributed by atoms with E-state index in [0.29, 0.717) is 0 Å². The molecule has 2 aromatic carbocycles. The van der Waals surface area contributed by atoms with E-state index < -0.39 is 0 Å². The van der Waals surface area contributed by atoms with Crippen molar-refractivity contribution in [2.75, 3.05) is 12.4 Å². The Labute approximate surface area is 195 Å². The number of unbranched alkanes of at least 4 members (excludes halogenated alkanes) is 3. The minimum Gasteiger partial charge on any atom is -0.384 e. The maximum Gasteiger partial charge on any atom is 1.00 e. The van der Waals surface area contributed by atoms with E-state index in [-0.39, 0.29) is 30.7 Å². The minimum absolute atomic E-state index is 0. The fourth-order valence-corrected chi connectivity index (χ4v) is 2.33. The number of aryl methyl sites for hydroxylation is 2. The van der Waals surface area contributed by atoms with E-state index in [4.69, 9.17) is 0 Å². The number of carbonyl (C=O) groups excluding carboxylic acids is 2. The average molecular weight is 402 g/mol. The van der Waals surface area contributed by atoms with Gasteiger partial charge in [-0.1, -0.05) is 43.5 Å². The largest absolute Gasteiger partial charge is 1.00 e. The van der Waals surface area contributed by atoms with Gasteiger partial charge in [0.25, 0.3) is 0 Å². The average Bonchev–Trinajstić information content (AvgIpc) is 2.70. The maximum atomic E-state index is 10.7. The molecule has 2 rings (SSSR count). The van der Waals surface area contributed by atoms with Crippen LogP contribution in [0.3, 0.4) is 0 Å². The van der Waals surface area contributed by atoms with E-state index in [2.05, 4.69) is 62.1 Å². The number of carbonyl (C=O) groups is 2. The molecule has 0 bridgehead atoms. The summed E-state index contributed by atoms with van der Waals surface area (Å²) in [6, 6.07) is 16.4. The Balaban J connectivity index is 0. The van der Waals surface area contributed by atoms with Gasteiger partial charge in [0.05, 0.1) is 11.8 Å². The summed E-state index contributed by atoms with van der Waals surface area (Å²) in [6.07, 6.45) is 7.03. The Hall–Kier alpha value is -2.41. The Kier molecular flexibility index (Phi) is 18.5. The van der Waals surface area contributed by atoms with Gasteiger partial charge in [0, 0.05) is 12.7 Å². The number of hydrogen-bond acceptors (Lipinski definition) is 2. The summed E-state index contributed by atoms with van der Waals surface area (Å²) in [5, 5.41) is 4.97. The van der Waals surface area contributed by atoms with Crippen LogP contribution in [0.25, 0.3) is 0 Å². The van der Waals surface area contributed by atoms with Crippen molar-refractivity contribution >= 4 is 17.5 Å². The molecule has 4 nitrogen and oxygen atoms in total. The van der Waals surface area contributed by atoms with Crippen molar-refractivity contribution in [3.8, 4) is 0 Å². The molecule has 0 aliphatic rings. The standard InChI is InChI=1S/C12H16.C10H12NO.C3H6NO.Li/c1-2-3-4-6-9-12-10-7-5-8-11-12;1-7-5-4-6-8(2)10(7)11-9(3)12;1-3(5)4-2;/h5,7-11H,1-4,6H2;4-6H,3H2,1-2H3,(H,11,12);1H2,2H3,(H,4,5);/q-2;2*-1;+1. The Bertz CT molecular complexity index is 698. The minimum atomic E-state index is -0.271. The quantitative estimate of drug-likeness (QED) is 0.443. The molecule has 30 heavy (non-hydrogen) atoms. The van der Waals surface area contributed by atoms with Gasteiger partial charge in [0.2, 0.25) is 0 Å². The molecule has 0 aliphatic heterocycles. The van der Waals surface area contributed by atoms with Crippen LogP contribution in [-0.4, -0.2) is 18.9 Å². The van der Waals surface area contributed by atoms with E-state index in [1.807, 2.05) is 38.1 Å². The van der Waals surface area contributed by atoms with Gasteiger partial charge in [-0.3, -0.25) is 0 Å². The van der Waals surface area contributed by atoms with Crippen molar-refractivity contribution < 1.29 is 28.4 Å². The van der Waals surface area contributed by atoms with Crippen LogP contribution in [0.15, 0.2) is 48.5 Å².